The minimum Gasteiger partial charge on any atom is -0.492 e. The standard InChI is InChI=1S/C23H21ClN4O2/c1-16-14-18(6-7-19(16)24)30-13-12-28-21-5-3-2-4-20(21)27-22(28)15-26-23(29)17-8-10-25-11-9-17/h2-11,14H,12-13,15H2,1H3,(H,26,29). The number of nitrogens with one attached hydrogen (secondary N) is 1. The molecule has 4 rings (SSSR count). The third kappa shape index (κ3) is 4.44. The van der Waals surface area contributed by atoms with Crippen LogP contribution in [0.1, 0.15) is 21.7 Å². The largest absolute Gasteiger partial charge is 0.492 e. The number of aryl methyl sites for hydroxylation is 1. The zero-order chi connectivity index (χ0) is 20.9. The van der Waals surface area contributed by atoms with Crippen LogP contribution in [-0.4, -0.2) is 27.0 Å². The van der Waals surface area contributed by atoms with E-state index in [4.69, 9.17) is 21.3 Å². The van der Waals surface area contributed by atoms with Crippen molar-refractivity contribution < 1.29 is 9.53 Å². The molecule has 0 atom stereocenters. The summed E-state index contributed by atoms with van der Waals surface area (Å²) in [6.45, 7) is 3.33. The van der Waals surface area contributed by atoms with Crippen molar-refractivity contribution in [3.8, 4) is 5.75 Å². The van der Waals surface area contributed by atoms with Gasteiger partial charge in [0.1, 0.15) is 18.2 Å². The molecule has 0 spiro atoms. The molecule has 0 fully saturated rings. The Morgan fingerprint density at radius 3 is 2.73 bits per heavy atom. The number of pyridine rings is 1. The lowest BCUT2D eigenvalue weighted by molar-refractivity contribution is 0.0949. The first-order valence-corrected chi connectivity index (χ1v) is 10.0. The number of halogens is 1. The van der Waals surface area contributed by atoms with Gasteiger partial charge >= 0.3 is 0 Å². The van der Waals surface area contributed by atoms with Crippen molar-refractivity contribution in [1.29, 1.82) is 0 Å². The minimum atomic E-state index is -0.163. The second-order valence-electron chi connectivity index (χ2n) is 6.85. The molecule has 2 aromatic carbocycles. The van der Waals surface area contributed by atoms with Gasteiger partial charge in [-0.05, 0) is 55.0 Å². The van der Waals surface area contributed by atoms with Gasteiger partial charge in [0, 0.05) is 23.0 Å². The smallest absolute Gasteiger partial charge is 0.251 e. The third-order valence-electron chi connectivity index (χ3n) is 4.80. The van der Waals surface area contributed by atoms with E-state index >= 15 is 0 Å². The van der Waals surface area contributed by atoms with Crippen molar-refractivity contribution in [2.75, 3.05) is 6.61 Å². The summed E-state index contributed by atoms with van der Waals surface area (Å²) in [6, 6.07) is 16.9. The third-order valence-corrected chi connectivity index (χ3v) is 5.22. The molecule has 1 amide bonds. The molecule has 0 saturated carbocycles. The number of nitrogens with zero attached hydrogens (tertiary/aromatic N) is 3. The maximum Gasteiger partial charge on any atom is 0.251 e. The fourth-order valence-corrected chi connectivity index (χ4v) is 3.35. The monoisotopic (exact) mass is 420 g/mol. The normalized spacial score (nSPS) is 10.9. The summed E-state index contributed by atoms with van der Waals surface area (Å²) in [5.74, 6) is 1.38. The van der Waals surface area contributed by atoms with E-state index in [1.165, 1.54) is 0 Å². The van der Waals surface area contributed by atoms with Crippen LogP contribution in [-0.2, 0) is 13.1 Å². The summed E-state index contributed by atoms with van der Waals surface area (Å²) in [4.78, 5) is 21.0. The SMILES string of the molecule is Cc1cc(OCCn2c(CNC(=O)c3ccncc3)nc3ccccc32)ccc1Cl. The number of ether oxygens (including phenoxy) is 1. The van der Waals surface area contributed by atoms with E-state index in [9.17, 15) is 4.79 Å². The lowest BCUT2D eigenvalue weighted by Gasteiger charge is -2.12. The summed E-state index contributed by atoms with van der Waals surface area (Å²) >= 11 is 6.08. The number of fused-ring (bicyclic) bond motifs is 1. The van der Waals surface area contributed by atoms with Crippen molar-refractivity contribution in [3.05, 3.63) is 89.0 Å². The van der Waals surface area contributed by atoms with Gasteiger partial charge in [0.2, 0.25) is 0 Å². The van der Waals surface area contributed by atoms with E-state index in [2.05, 4.69) is 14.9 Å². The highest BCUT2D eigenvalue weighted by molar-refractivity contribution is 6.31. The van der Waals surface area contributed by atoms with Crippen LogP contribution in [0.25, 0.3) is 11.0 Å². The highest BCUT2D eigenvalue weighted by Crippen LogP contribution is 2.21. The van der Waals surface area contributed by atoms with Crippen molar-refractivity contribution in [3.63, 3.8) is 0 Å². The number of aromatic nitrogens is 3. The second kappa shape index (κ2) is 8.97. The lowest BCUT2D eigenvalue weighted by atomic mass is 10.2. The summed E-state index contributed by atoms with van der Waals surface area (Å²) < 4.78 is 7.99. The van der Waals surface area contributed by atoms with Crippen LogP contribution < -0.4 is 10.1 Å². The van der Waals surface area contributed by atoms with Gasteiger partial charge in [-0.25, -0.2) is 4.98 Å². The summed E-state index contributed by atoms with van der Waals surface area (Å²) in [5, 5.41) is 3.65. The maximum absolute atomic E-state index is 12.4. The molecule has 152 valence electrons. The Balaban J connectivity index is 1.48. The molecule has 0 unspecified atom stereocenters. The van der Waals surface area contributed by atoms with Gasteiger partial charge in [-0.15, -0.1) is 0 Å². The van der Waals surface area contributed by atoms with Crippen LogP contribution in [0.15, 0.2) is 67.0 Å². The van der Waals surface area contributed by atoms with E-state index in [0.29, 0.717) is 25.3 Å². The number of imidazole rings is 1. The van der Waals surface area contributed by atoms with Crippen LogP contribution in [0, 0.1) is 6.92 Å². The highest BCUT2D eigenvalue weighted by Gasteiger charge is 2.12. The lowest BCUT2D eigenvalue weighted by Crippen LogP contribution is -2.25. The molecule has 0 aliphatic carbocycles. The Hall–Kier alpha value is -3.38. The average Bonchev–Trinajstić information content (AvgIpc) is 3.13. The zero-order valence-electron chi connectivity index (χ0n) is 16.5. The van der Waals surface area contributed by atoms with Crippen LogP contribution in [0.4, 0.5) is 0 Å². The second-order valence-corrected chi connectivity index (χ2v) is 7.25. The Morgan fingerprint density at radius 1 is 1.13 bits per heavy atom. The predicted octanol–water partition coefficient (Wildman–Crippen LogP) is 4.40. The van der Waals surface area contributed by atoms with Crippen molar-refractivity contribution in [2.45, 2.75) is 20.0 Å². The Kier molecular flexibility index (Phi) is 5.95. The molecule has 0 aliphatic rings. The number of rotatable bonds is 7. The Labute approximate surface area is 179 Å². The van der Waals surface area contributed by atoms with Gasteiger partial charge in [0.05, 0.1) is 24.1 Å². The van der Waals surface area contributed by atoms with Crippen LogP contribution in [0.2, 0.25) is 5.02 Å². The quantitative estimate of drug-likeness (QED) is 0.481. The number of amides is 1. The van der Waals surface area contributed by atoms with E-state index < -0.39 is 0 Å². The molecule has 2 heterocycles. The summed E-state index contributed by atoms with van der Waals surface area (Å²) in [6.07, 6.45) is 3.19. The molecule has 0 aliphatic heterocycles. The molecule has 4 aromatic rings. The van der Waals surface area contributed by atoms with Crippen molar-refractivity contribution in [1.82, 2.24) is 19.9 Å². The van der Waals surface area contributed by atoms with Crippen LogP contribution >= 0.6 is 11.6 Å². The predicted molar refractivity (Wildman–Crippen MR) is 117 cm³/mol. The zero-order valence-corrected chi connectivity index (χ0v) is 17.3. The van der Waals surface area contributed by atoms with Gasteiger partial charge in [0.15, 0.2) is 0 Å². The molecule has 0 radical (unpaired) electrons. The topological polar surface area (TPSA) is 69.0 Å². The van der Waals surface area contributed by atoms with Gasteiger partial charge < -0.3 is 14.6 Å². The first kappa shape index (κ1) is 19.9. The van der Waals surface area contributed by atoms with Gasteiger partial charge in [-0.1, -0.05) is 23.7 Å². The van der Waals surface area contributed by atoms with E-state index in [0.717, 1.165) is 33.2 Å². The fraction of sp³-hybridized carbons (Fsp3) is 0.174. The van der Waals surface area contributed by atoms with Crippen LogP contribution in [0.5, 0.6) is 5.75 Å². The van der Waals surface area contributed by atoms with Gasteiger partial charge in [-0.3, -0.25) is 9.78 Å². The summed E-state index contributed by atoms with van der Waals surface area (Å²) in [5.41, 5.74) is 3.42. The number of carbonyl (C=O) groups excluding carboxylic acids is 1. The molecular formula is C23H21ClN4O2. The van der Waals surface area contributed by atoms with Gasteiger partial charge in [0.25, 0.3) is 5.91 Å². The molecule has 30 heavy (non-hydrogen) atoms. The molecule has 0 saturated heterocycles. The first-order chi connectivity index (χ1) is 14.6. The summed E-state index contributed by atoms with van der Waals surface area (Å²) in [7, 11) is 0. The minimum absolute atomic E-state index is 0.163. The number of hydrogen-bond donors (Lipinski definition) is 1. The molecular weight excluding hydrogens is 400 g/mol. The maximum atomic E-state index is 12.4. The van der Waals surface area contributed by atoms with E-state index in [1.54, 1.807) is 24.5 Å². The molecule has 0 bridgehead atoms. The molecule has 1 N–H and O–H groups in total. The number of benzene rings is 2. The van der Waals surface area contributed by atoms with Crippen LogP contribution in [0.3, 0.4) is 0 Å². The molecule has 2 aromatic heterocycles. The molecule has 6 nitrogen and oxygen atoms in total. The number of para-hydroxylation sites is 2. The average molecular weight is 421 g/mol. The van der Waals surface area contributed by atoms with Crippen molar-refractivity contribution in [2.24, 2.45) is 0 Å². The number of carbonyl (C=O) groups is 1. The van der Waals surface area contributed by atoms with E-state index in [1.807, 2.05) is 49.4 Å². The number of hydrogen-bond acceptors (Lipinski definition) is 4. The highest BCUT2D eigenvalue weighted by atomic mass is 35.5. The van der Waals surface area contributed by atoms with Crippen molar-refractivity contribution >= 4 is 28.5 Å². The fourth-order valence-electron chi connectivity index (χ4n) is 3.24. The molecule has 7 heteroatoms. The first-order valence-electron chi connectivity index (χ1n) is 9.63. The van der Waals surface area contributed by atoms with Gasteiger partial charge in [-0.2, -0.15) is 0 Å². The Bertz CT molecular complexity index is 1170. The van der Waals surface area contributed by atoms with E-state index in [-0.39, 0.29) is 5.91 Å². The Morgan fingerprint density at radius 2 is 1.93 bits per heavy atom.